The lowest BCUT2D eigenvalue weighted by Gasteiger charge is -2.52. The van der Waals surface area contributed by atoms with E-state index < -0.39 is 66.8 Å². The predicted octanol–water partition coefficient (Wildman–Crippen LogP) is 10.2. The highest BCUT2D eigenvalue weighted by Gasteiger charge is 2.56. The van der Waals surface area contributed by atoms with Gasteiger partial charge in [-0.15, -0.1) is 11.8 Å². The van der Waals surface area contributed by atoms with Gasteiger partial charge in [-0.1, -0.05) is 189 Å². The summed E-state index contributed by atoms with van der Waals surface area (Å²) in [4.78, 5) is 0. The summed E-state index contributed by atoms with van der Waals surface area (Å²) in [5.41, 5.74) is 5.58. The van der Waals surface area contributed by atoms with Gasteiger partial charge in [-0.25, -0.2) is 0 Å². The number of hydrogen-bond donors (Lipinski definition) is 0. The summed E-state index contributed by atoms with van der Waals surface area (Å²) >= 11 is 1.67. The van der Waals surface area contributed by atoms with Crippen molar-refractivity contribution >= 4 is 11.8 Å². The van der Waals surface area contributed by atoms with Crippen LogP contribution < -0.4 is 0 Å². The number of ether oxygens (including phenoxy) is 10. The Kier molecular flexibility index (Phi) is 17.3. The second kappa shape index (κ2) is 24.5. The third-order valence-electron chi connectivity index (χ3n) is 12.1. The monoisotopic (exact) mass is 924 g/mol. The first-order valence-corrected chi connectivity index (χ1v) is 24.4. The average Bonchev–Trinajstić information content (AvgIpc) is 3.39. The number of thioether (sulfide) groups is 1. The number of rotatable bonds is 21. The first-order valence-electron chi connectivity index (χ1n) is 23.3. The van der Waals surface area contributed by atoms with Crippen molar-refractivity contribution in [3.63, 3.8) is 0 Å². The molecule has 0 aliphatic carbocycles. The molecule has 3 saturated heterocycles. The fraction of sp³-hybridized carbons (Fsp3) is 0.357. The van der Waals surface area contributed by atoms with E-state index in [0.717, 1.165) is 39.1 Å². The molecule has 0 aromatic heterocycles. The lowest BCUT2D eigenvalue weighted by molar-refractivity contribution is -0.378. The van der Waals surface area contributed by atoms with Crippen molar-refractivity contribution in [2.24, 2.45) is 0 Å². The first-order chi connectivity index (χ1) is 33.2. The number of hydrogen-bond acceptors (Lipinski definition) is 11. The van der Waals surface area contributed by atoms with Crippen LogP contribution >= 0.6 is 11.8 Å². The van der Waals surface area contributed by atoms with Crippen LogP contribution in [-0.2, 0) is 80.4 Å². The molecule has 3 heterocycles. The fourth-order valence-corrected chi connectivity index (χ4v) is 9.71. The van der Waals surface area contributed by atoms with E-state index in [9.17, 15) is 0 Å². The van der Waals surface area contributed by atoms with Gasteiger partial charge in [0.1, 0.15) is 54.3 Å². The van der Waals surface area contributed by atoms with Crippen LogP contribution in [0.4, 0.5) is 0 Å². The van der Waals surface area contributed by atoms with Gasteiger partial charge in [0.05, 0.1) is 46.2 Å². The van der Waals surface area contributed by atoms with Crippen LogP contribution in [0.1, 0.15) is 46.6 Å². The maximum atomic E-state index is 7.52. The molecule has 350 valence electrons. The molecule has 0 bridgehead atoms. The summed E-state index contributed by atoms with van der Waals surface area (Å²) in [6, 6.07) is 60.6. The lowest BCUT2D eigenvalue weighted by Crippen LogP contribution is -2.67. The lowest BCUT2D eigenvalue weighted by atomic mass is 9.95. The van der Waals surface area contributed by atoms with Crippen molar-refractivity contribution in [1.29, 1.82) is 0 Å². The Morgan fingerprint density at radius 1 is 0.463 bits per heavy atom. The van der Waals surface area contributed by atoms with Gasteiger partial charge in [0, 0.05) is 5.56 Å². The summed E-state index contributed by atoms with van der Waals surface area (Å²) in [6.07, 6.45) is -6.83. The zero-order valence-electron chi connectivity index (χ0n) is 37.8. The Balaban J connectivity index is 1.10. The molecule has 0 N–H and O–H groups in total. The molecule has 11 heteroatoms. The van der Waals surface area contributed by atoms with Gasteiger partial charge in [0.15, 0.2) is 12.6 Å². The van der Waals surface area contributed by atoms with Gasteiger partial charge in [-0.2, -0.15) is 0 Å². The van der Waals surface area contributed by atoms with Crippen LogP contribution in [0, 0.1) is 0 Å². The molecule has 0 unspecified atom stereocenters. The third kappa shape index (κ3) is 12.9. The van der Waals surface area contributed by atoms with Crippen molar-refractivity contribution in [2.75, 3.05) is 19.0 Å². The topological polar surface area (TPSA) is 92.3 Å². The van der Waals surface area contributed by atoms with Crippen molar-refractivity contribution < 1.29 is 47.4 Å². The number of fused-ring (bicyclic) bond motifs is 1. The molecule has 3 aliphatic rings. The van der Waals surface area contributed by atoms with Crippen LogP contribution in [0.2, 0.25) is 0 Å². The molecule has 6 aromatic carbocycles. The molecule has 0 spiro atoms. The minimum atomic E-state index is -1.01. The molecule has 0 saturated carbocycles. The molecular weight excluding hydrogens is 865 g/mol. The molecule has 3 fully saturated rings. The molecule has 10 nitrogen and oxygen atoms in total. The van der Waals surface area contributed by atoms with E-state index in [1.54, 1.807) is 11.8 Å². The Hall–Kier alpha value is -4.73. The third-order valence-corrected chi connectivity index (χ3v) is 13.1. The van der Waals surface area contributed by atoms with Crippen molar-refractivity contribution in [3.8, 4) is 0 Å². The maximum Gasteiger partial charge on any atom is 0.187 e. The molecular formula is C56H60O10S. The van der Waals surface area contributed by atoms with Gasteiger partial charge < -0.3 is 47.4 Å². The standard InChI is InChI=1S/C56H60O10S/c1-2-67-56-53(61-37-44-29-17-7-18-30-44)51(49-47(64-56)39-62-54(65-49)45-31-19-8-20-32-45)66-55-52(60-36-43-27-15-6-16-28-43)50(59-35-42-25-13-5-14-26-42)48(58-34-41-23-11-4-12-24-41)46(63-55)38-57-33-40-21-9-3-10-22-40/h3-32,46-56H,2,33-39H2,1H3/t46-,47-,48-,49-,50+,51+,52-,53-,54-,55+,56+/m1/s1. The zero-order chi connectivity index (χ0) is 45.5. The van der Waals surface area contributed by atoms with Gasteiger partial charge in [0.25, 0.3) is 0 Å². The van der Waals surface area contributed by atoms with Crippen molar-refractivity contribution in [1.82, 2.24) is 0 Å². The molecule has 0 amide bonds. The van der Waals surface area contributed by atoms with Gasteiger partial charge >= 0.3 is 0 Å². The van der Waals surface area contributed by atoms with E-state index in [0.29, 0.717) is 33.0 Å². The Bertz CT molecular complexity index is 2300. The van der Waals surface area contributed by atoms with Gasteiger partial charge in [-0.05, 0) is 33.6 Å². The normalized spacial score (nSPS) is 27.3. The van der Waals surface area contributed by atoms with E-state index in [2.05, 4.69) is 55.5 Å². The Morgan fingerprint density at radius 2 is 0.910 bits per heavy atom. The van der Waals surface area contributed by atoms with Crippen LogP contribution in [0.3, 0.4) is 0 Å². The molecule has 11 atom stereocenters. The van der Waals surface area contributed by atoms with E-state index in [4.69, 9.17) is 47.4 Å². The maximum absolute atomic E-state index is 7.52. The van der Waals surface area contributed by atoms with Crippen LogP contribution in [-0.4, -0.2) is 79.5 Å². The van der Waals surface area contributed by atoms with Crippen molar-refractivity contribution in [2.45, 2.75) is 107 Å². The average molecular weight is 925 g/mol. The van der Waals surface area contributed by atoms with Gasteiger partial charge in [-0.3, -0.25) is 0 Å². The summed E-state index contributed by atoms with van der Waals surface area (Å²) in [5.74, 6) is 0.785. The molecule has 67 heavy (non-hydrogen) atoms. The Morgan fingerprint density at radius 3 is 1.42 bits per heavy atom. The van der Waals surface area contributed by atoms with E-state index >= 15 is 0 Å². The van der Waals surface area contributed by atoms with E-state index in [-0.39, 0.29) is 13.2 Å². The highest BCUT2D eigenvalue weighted by molar-refractivity contribution is 7.99. The minimum absolute atomic E-state index is 0.188. The highest BCUT2D eigenvalue weighted by atomic mass is 32.2. The molecule has 9 rings (SSSR count). The fourth-order valence-electron chi connectivity index (χ4n) is 8.73. The summed E-state index contributed by atoms with van der Waals surface area (Å²) in [7, 11) is 0. The van der Waals surface area contributed by atoms with Crippen LogP contribution in [0.5, 0.6) is 0 Å². The zero-order valence-corrected chi connectivity index (χ0v) is 38.6. The van der Waals surface area contributed by atoms with E-state index in [1.807, 2.05) is 133 Å². The first kappa shape index (κ1) is 47.3. The van der Waals surface area contributed by atoms with Crippen LogP contribution in [0.25, 0.3) is 0 Å². The minimum Gasteiger partial charge on any atom is -0.374 e. The van der Waals surface area contributed by atoms with Crippen LogP contribution in [0.15, 0.2) is 182 Å². The molecule has 6 aromatic rings. The van der Waals surface area contributed by atoms with Gasteiger partial charge in [0.2, 0.25) is 0 Å². The van der Waals surface area contributed by atoms with Crippen molar-refractivity contribution in [3.05, 3.63) is 215 Å². The second-order valence-corrected chi connectivity index (χ2v) is 18.2. The SMILES string of the molecule is CCS[C@@H]1O[C@@H]2CO[C@@H](c3ccccc3)O[C@H]2[C@H](O[C@@H]2O[C@H](COCc3ccccc3)[C@@H](OCc3ccccc3)[C@H](OCc3ccccc3)[C@H]2OCc2ccccc2)[C@H]1OCc1ccccc1. The molecule has 0 radical (unpaired) electrons. The highest BCUT2D eigenvalue weighted by Crippen LogP contribution is 2.42. The smallest absolute Gasteiger partial charge is 0.187 e. The van der Waals surface area contributed by atoms with E-state index in [1.165, 1.54) is 0 Å². The Labute approximate surface area is 398 Å². The predicted molar refractivity (Wildman–Crippen MR) is 257 cm³/mol. The summed E-state index contributed by atoms with van der Waals surface area (Å²) in [6.45, 7) is 4.19. The summed E-state index contributed by atoms with van der Waals surface area (Å²) in [5, 5.41) is 0. The quantitative estimate of drug-likeness (QED) is 0.0691. The second-order valence-electron chi connectivity index (χ2n) is 16.9. The summed E-state index contributed by atoms with van der Waals surface area (Å²) < 4.78 is 69.5. The largest absolute Gasteiger partial charge is 0.374 e. The molecule has 3 aliphatic heterocycles. The number of benzene rings is 6.